The molecule has 0 saturated carbocycles. The highest BCUT2D eigenvalue weighted by atomic mass is 16.4. The van der Waals surface area contributed by atoms with E-state index < -0.39 is 17.8 Å². The molecule has 0 unspecified atom stereocenters. The van der Waals surface area contributed by atoms with Gasteiger partial charge in [-0.3, -0.25) is 9.59 Å². The normalized spacial score (nSPS) is 10.2. The van der Waals surface area contributed by atoms with Crippen LogP contribution in [-0.2, 0) is 0 Å². The third-order valence-corrected chi connectivity index (χ3v) is 4.05. The van der Waals surface area contributed by atoms with Gasteiger partial charge in [-0.25, -0.2) is 4.79 Å². The Morgan fingerprint density at radius 1 is 0.690 bits per heavy atom. The van der Waals surface area contributed by atoms with Gasteiger partial charge in [0, 0.05) is 28.3 Å². The number of anilines is 4. The van der Waals surface area contributed by atoms with Crippen molar-refractivity contribution in [2.75, 3.05) is 22.1 Å². The molecule has 0 heterocycles. The molecule has 7 N–H and O–H groups in total. The number of hydrogen-bond acceptors (Lipinski definition) is 5. The molecule has 2 amide bonds. The maximum Gasteiger partial charge on any atom is 0.336 e. The van der Waals surface area contributed by atoms with Crippen molar-refractivity contribution >= 4 is 40.5 Å². The molecule has 8 heteroatoms. The van der Waals surface area contributed by atoms with Gasteiger partial charge >= 0.3 is 5.97 Å². The number of hydrogen-bond donors (Lipinski definition) is 5. The number of carboxylic acid groups (broad SMARTS) is 1. The summed E-state index contributed by atoms with van der Waals surface area (Å²) in [5, 5.41) is 14.7. The zero-order valence-electron chi connectivity index (χ0n) is 15.2. The number of aromatic carboxylic acids is 1. The van der Waals surface area contributed by atoms with Crippen molar-refractivity contribution in [1.29, 1.82) is 0 Å². The van der Waals surface area contributed by atoms with Gasteiger partial charge in [-0.05, 0) is 54.6 Å². The highest BCUT2D eigenvalue weighted by molar-refractivity contribution is 6.13. The molecular weight excluding hydrogens is 372 g/mol. The van der Waals surface area contributed by atoms with E-state index in [2.05, 4.69) is 10.6 Å². The van der Waals surface area contributed by atoms with Crippen LogP contribution in [0.15, 0.2) is 66.7 Å². The molecule has 146 valence electrons. The highest BCUT2D eigenvalue weighted by Gasteiger charge is 2.19. The zero-order chi connectivity index (χ0) is 21.0. The summed E-state index contributed by atoms with van der Waals surface area (Å²) in [7, 11) is 0. The van der Waals surface area contributed by atoms with E-state index in [-0.39, 0.29) is 16.7 Å². The molecule has 0 radical (unpaired) electrons. The molecule has 3 aromatic carbocycles. The quantitative estimate of drug-likeness (QED) is 0.423. The minimum Gasteiger partial charge on any atom is -0.478 e. The van der Waals surface area contributed by atoms with Crippen molar-refractivity contribution in [1.82, 2.24) is 0 Å². The summed E-state index contributed by atoms with van der Waals surface area (Å²) in [6.45, 7) is 0. The average molecular weight is 390 g/mol. The maximum absolute atomic E-state index is 12.5. The highest BCUT2D eigenvalue weighted by Crippen LogP contribution is 2.19. The Labute approximate surface area is 166 Å². The van der Waals surface area contributed by atoms with Gasteiger partial charge in [0.15, 0.2) is 0 Å². The number of nitrogens with two attached hydrogens (primary N) is 2. The van der Waals surface area contributed by atoms with Crippen LogP contribution in [0.3, 0.4) is 0 Å². The van der Waals surface area contributed by atoms with Crippen LogP contribution < -0.4 is 22.1 Å². The van der Waals surface area contributed by atoms with Crippen LogP contribution >= 0.6 is 0 Å². The maximum atomic E-state index is 12.5. The number of rotatable bonds is 5. The first kappa shape index (κ1) is 19.4. The number of amides is 2. The number of benzene rings is 3. The molecule has 0 aromatic heterocycles. The van der Waals surface area contributed by atoms with Crippen molar-refractivity contribution in [2.24, 2.45) is 0 Å². The first-order valence-corrected chi connectivity index (χ1v) is 8.54. The predicted octanol–water partition coefficient (Wildman–Crippen LogP) is 3.05. The standard InChI is InChI=1S/C21H18N4O4/c22-13-3-1-5-15(10-13)24-19(26)12-7-8-17(18(9-12)21(28)29)20(27)25-16-6-2-4-14(23)11-16/h1-11H,22-23H2,(H,24,26)(H,25,27)(H,28,29). The molecule has 8 nitrogen and oxygen atoms in total. The van der Waals surface area contributed by atoms with Gasteiger partial charge < -0.3 is 27.2 Å². The first-order valence-electron chi connectivity index (χ1n) is 8.54. The fourth-order valence-electron chi connectivity index (χ4n) is 2.69. The molecule has 0 bridgehead atoms. The Kier molecular flexibility index (Phi) is 5.45. The molecule has 0 atom stereocenters. The van der Waals surface area contributed by atoms with Crippen LogP contribution in [0.4, 0.5) is 22.7 Å². The van der Waals surface area contributed by atoms with Crippen LogP contribution in [0.5, 0.6) is 0 Å². The fraction of sp³-hybridized carbons (Fsp3) is 0. The van der Waals surface area contributed by atoms with Gasteiger partial charge in [0.25, 0.3) is 11.8 Å². The Bertz CT molecular complexity index is 1110. The minimum atomic E-state index is -1.33. The minimum absolute atomic E-state index is 0.0829. The lowest BCUT2D eigenvalue weighted by Crippen LogP contribution is -2.19. The molecular formula is C21H18N4O4. The van der Waals surface area contributed by atoms with Crippen molar-refractivity contribution < 1.29 is 19.5 Å². The Morgan fingerprint density at radius 3 is 1.76 bits per heavy atom. The van der Waals surface area contributed by atoms with E-state index in [1.165, 1.54) is 12.1 Å². The number of carboxylic acids is 1. The van der Waals surface area contributed by atoms with Gasteiger partial charge in [0.1, 0.15) is 0 Å². The molecule has 0 aliphatic heterocycles. The number of nitrogen functional groups attached to an aromatic ring is 2. The second-order valence-corrected chi connectivity index (χ2v) is 6.22. The smallest absolute Gasteiger partial charge is 0.336 e. The van der Waals surface area contributed by atoms with Gasteiger partial charge in [0.2, 0.25) is 0 Å². The summed E-state index contributed by atoms with van der Waals surface area (Å²) in [6, 6.07) is 16.9. The topological polar surface area (TPSA) is 148 Å². The monoisotopic (exact) mass is 390 g/mol. The SMILES string of the molecule is Nc1cccc(NC(=O)c2ccc(C(=O)Nc3cccc(N)c3)c(C(=O)O)c2)c1. The lowest BCUT2D eigenvalue weighted by molar-refractivity contribution is 0.0692. The van der Waals surface area contributed by atoms with Crippen molar-refractivity contribution in [3.8, 4) is 0 Å². The largest absolute Gasteiger partial charge is 0.478 e. The molecule has 3 aromatic rings. The summed E-state index contributed by atoms with van der Waals surface area (Å²) in [5.41, 5.74) is 12.9. The molecule has 3 rings (SSSR count). The van der Waals surface area contributed by atoms with Gasteiger partial charge in [-0.1, -0.05) is 12.1 Å². The summed E-state index contributed by atoms with van der Waals surface area (Å²) in [5.74, 6) is -2.49. The summed E-state index contributed by atoms with van der Waals surface area (Å²) < 4.78 is 0. The summed E-state index contributed by atoms with van der Waals surface area (Å²) in [6.07, 6.45) is 0. The molecule has 29 heavy (non-hydrogen) atoms. The molecule has 0 aliphatic rings. The van der Waals surface area contributed by atoms with Gasteiger partial charge in [0.05, 0.1) is 11.1 Å². The molecule has 0 saturated heterocycles. The van der Waals surface area contributed by atoms with Gasteiger partial charge in [-0.2, -0.15) is 0 Å². The van der Waals surface area contributed by atoms with Crippen molar-refractivity contribution in [3.05, 3.63) is 83.4 Å². The zero-order valence-corrected chi connectivity index (χ0v) is 15.2. The lowest BCUT2D eigenvalue weighted by atomic mass is 10.0. The van der Waals surface area contributed by atoms with E-state index in [1.54, 1.807) is 48.5 Å². The molecule has 0 spiro atoms. The van der Waals surface area contributed by atoms with Crippen LogP contribution in [0.25, 0.3) is 0 Å². The van der Waals surface area contributed by atoms with Gasteiger partial charge in [-0.15, -0.1) is 0 Å². The van der Waals surface area contributed by atoms with Crippen molar-refractivity contribution in [2.45, 2.75) is 0 Å². The van der Waals surface area contributed by atoms with E-state index in [0.29, 0.717) is 22.7 Å². The third kappa shape index (κ3) is 4.69. The van der Waals surface area contributed by atoms with E-state index in [4.69, 9.17) is 11.5 Å². The summed E-state index contributed by atoms with van der Waals surface area (Å²) in [4.78, 5) is 36.6. The molecule has 0 aliphatic carbocycles. The summed E-state index contributed by atoms with van der Waals surface area (Å²) >= 11 is 0. The molecule has 0 fully saturated rings. The Balaban J connectivity index is 1.85. The van der Waals surface area contributed by atoms with Crippen LogP contribution in [0.2, 0.25) is 0 Å². The van der Waals surface area contributed by atoms with Crippen LogP contribution in [0, 0.1) is 0 Å². The van der Waals surface area contributed by atoms with Crippen molar-refractivity contribution in [3.63, 3.8) is 0 Å². The van der Waals surface area contributed by atoms with E-state index in [0.717, 1.165) is 6.07 Å². The van der Waals surface area contributed by atoms with E-state index >= 15 is 0 Å². The van der Waals surface area contributed by atoms with E-state index in [1.807, 2.05) is 0 Å². The average Bonchev–Trinajstić information content (AvgIpc) is 2.67. The number of nitrogens with one attached hydrogen (secondary N) is 2. The first-order chi connectivity index (χ1) is 13.8. The lowest BCUT2D eigenvalue weighted by Gasteiger charge is -2.11. The second-order valence-electron chi connectivity index (χ2n) is 6.22. The second kappa shape index (κ2) is 8.13. The van der Waals surface area contributed by atoms with Crippen LogP contribution in [-0.4, -0.2) is 22.9 Å². The fourth-order valence-corrected chi connectivity index (χ4v) is 2.69. The van der Waals surface area contributed by atoms with E-state index in [9.17, 15) is 19.5 Å². The number of carbonyl (C=O) groups excluding carboxylic acids is 2. The predicted molar refractivity (Wildman–Crippen MR) is 111 cm³/mol. The third-order valence-electron chi connectivity index (χ3n) is 4.05. The van der Waals surface area contributed by atoms with Crippen LogP contribution in [0.1, 0.15) is 31.1 Å². The number of carbonyl (C=O) groups is 3. The Morgan fingerprint density at radius 2 is 1.24 bits per heavy atom. The Hall–Kier alpha value is -4.33.